The number of carbonyl (C=O) groups is 1. The van der Waals surface area contributed by atoms with Crippen molar-refractivity contribution in [3.8, 4) is 17.0 Å². The molecule has 5 rings (SSSR count). The van der Waals surface area contributed by atoms with Crippen LogP contribution in [0.25, 0.3) is 31.7 Å². The molecular formula is C25H20N4O3S. The summed E-state index contributed by atoms with van der Waals surface area (Å²) in [6, 6.07) is 21.2. The van der Waals surface area contributed by atoms with Crippen LogP contribution in [0.15, 0.2) is 77.9 Å². The molecule has 0 radical (unpaired) electrons. The molecule has 33 heavy (non-hydrogen) atoms. The Bertz CT molecular complexity index is 1510. The van der Waals surface area contributed by atoms with Gasteiger partial charge in [0.1, 0.15) is 21.8 Å². The van der Waals surface area contributed by atoms with Gasteiger partial charge in [-0.2, -0.15) is 0 Å². The minimum absolute atomic E-state index is 0.102. The topological polar surface area (TPSA) is 86.1 Å². The maximum atomic E-state index is 13.0. The molecular weight excluding hydrogens is 436 g/mol. The van der Waals surface area contributed by atoms with Gasteiger partial charge < -0.3 is 10.1 Å². The Kier molecular flexibility index (Phi) is 5.58. The molecule has 1 N–H and O–H groups in total. The Morgan fingerprint density at radius 3 is 2.61 bits per heavy atom. The second-order valence-electron chi connectivity index (χ2n) is 7.50. The molecule has 3 heterocycles. The molecule has 2 aromatic carbocycles. The van der Waals surface area contributed by atoms with Crippen LogP contribution in [0.2, 0.25) is 0 Å². The highest BCUT2D eigenvalue weighted by atomic mass is 32.1. The highest BCUT2D eigenvalue weighted by Gasteiger charge is 2.15. The Balaban J connectivity index is 1.37. The predicted molar refractivity (Wildman–Crippen MR) is 129 cm³/mol. The molecule has 0 spiro atoms. The van der Waals surface area contributed by atoms with Crippen LogP contribution in [0.3, 0.4) is 0 Å². The van der Waals surface area contributed by atoms with Gasteiger partial charge in [0.2, 0.25) is 5.91 Å². The number of rotatable bonds is 6. The summed E-state index contributed by atoms with van der Waals surface area (Å²) in [6.07, 6.45) is 1.43. The summed E-state index contributed by atoms with van der Waals surface area (Å²) >= 11 is 1.30. The van der Waals surface area contributed by atoms with Gasteiger partial charge in [0, 0.05) is 17.5 Å². The van der Waals surface area contributed by atoms with Crippen molar-refractivity contribution in [2.75, 3.05) is 7.11 Å². The summed E-state index contributed by atoms with van der Waals surface area (Å²) in [6.45, 7) is 0.261. The van der Waals surface area contributed by atoms with Crippen LogP contribution in [0.1, 0.15) is 5.56 Å². The number of methoxy groups -OCH3 is 1. The fourth-order valence-corrected chi connectivity index (χ4v) is 4.66. The van der Waals surface area contributed by atoms with Gasteiger partial charge in [-0.05, 0) is 29.8 Å². The highest BCUT2D eigenvalue weighted by Crippen LogP contribution is 2.31. The van der Waals surface area contributed by atoms with Crippen LogP contribution < -0.4 is 15.6 Å². The number of nitrogens with zero attached hydrogens (tertiary/aromatic N) is 3. The van der Waals surface area contributed by atoms with Crippen LogP contribution >= 0.6 is 11.3 Å². The van der Waals surface area contributed by atoms with E-state index in [0.717, 1.165) is 32.8 Å². The number of ether oxygens (including phenoxy) is 1. The van der Waals surface area contributed by atoms with E-state index in [4.69, 9.17) is 9.72 Å². The molecule has 0 aliphatic carbocycles. The number of carbonyl (C=O) groups excluding carboxylic acids is 1. The molecule has 0 aliphatic rings. The average Bonchev–Trinajstić information content (AvgIpc) is 3.24. The molecule has 0 bridgehead atoms. The fraction of sp³-hybridized carbons (Fsp3) is 0.120. The first-order valence-electron chi connectivity index (χ1n) is 10.4. The molecule has 0 saturated carbocycles. The van der Waals surface area contributed by atoms with E-state index in [9.17, 15) is 9.59 Å². The number of benzene rings is 2. The zero-order chi connectivity index (χ0) is 22.8. The largest absolute Gasteiger partial charge is 0.497 e. The molecule has 0 atom stereocenters. The number of nitrogens with one attached hydrogen (secondary N) is 1. The van der Waals surface area contributed by atoms with Crippen molar-refractivity contribution < 1.29 is 9.53 Å². The molecule has 1 amide bonds. The number of thiophene rings is 1. The molecule has 0 saturated heterocycles. The van der Waals surface area contributed by atoms with Gasteiger partial charge in [0.25, 0.3) is 5.56 Å². The number of hydrogen-bond donors (Lipinski definition) is 1. The Hall–Kier alpha value is -4.04. The Labute approximate surface area is 193 Å². The minimum atomic E-state index is -0.264. The summed E-state index contributed by atoms with van der Waals surface area (Å²) < 4.78 is 6.96. The van der Waals surface area contributed by atoms with Gasteiger partial charge in [0.15, 0.2) is 0 Å². The van der Waals surface area contributed by atoms with Crippen molar-refractivity contribution in [2.24, 2.45) is 0 Å². The van der Waals surface area contributed by atoms with Crippen molar-refractivity contribution in [2.45, 2.75) is 13.1 Å². The van der Waals surface area contributed by atoms with E-state index in [1.807, 2.05) is 66.7 Å². The third-order valence-electron chi connectivity index (χ3n) is 5.34. The van der Waals surface area contributed by atoms with Crippen molar-refractivity contribution in [3.05, 3.63) is 89.0 Å². The van der Waals surface area contributed by atoms with Crippen LogP contribution in [0.4, 0.5) is 0 Å². The lowest BCUT2D eigenvalue weighted by atomic mass is 10.1. The number of fused-ring (bicyclic) bond motifs is 3. The molecule has 7 nitrogen and oxygen atoms in total. The standard InChI is InChI=1S/C25H20N4O3S/c1-32-18-9-7-16(8-10-18)13-26-21(30)14-29-15-27-22-19-11-12-20(17-5-3-2-4-6-17)28-24(19)33-23(22)25(29)31/h2-12,15H,13-14H2,1H3,(H,26,30). The lowest BCUT2D eigenvalue weighted by Crippen LogP contribution is -2.31. The SMILES string of the molecule is COc1ccc(CNC(=O)Cn2cnc3c(sc4nc(-c5ccccc5)ccc43)c2=O)cc1. The van der Waals surface area contributed by atoms with Gasteiger partial charge in [-0.25, -0.2) is 9.97 Å². The van der Waals surface area contributed by atoms with Gasteiger partial charge in [-0.15, -0.1) is 11.3 Å². The quantitative estimate of drug-likeness (QED) is 0.417. The highest BCUT2D eigenvalue weighted by molar-refractivity contribution is 7.25. The normalized spacial score (nSPS) is 11.1. The second-order valence-corrected chi connectivity index (χ2v) is 8.50. The van der Waals surface area contributed by atoms with Gasteiger partial charge in [0.05, 0.1) is 24.6 Å². The third-order valence-corrected chi connectivity index (χ3v) is 6.42. The summed E-state index contributed by atoms with van der Waals surface area (Å²) in [5.41, 5.74) is 3.16. The van der Waals surface area contributed by atoms with E-state index in [0.29, 0.717) is 16.8 Å². The molecule has 5 aromatic rings. The number of amides is 1. The monoisotopic (exact) mass is 456 g/mol. The second kappa shape index (κ2) is 8.84. The van der Waals surface area contributed by atoms with Crippen molar-refractivity contribution >= 4 is 37.7 Å². The van der Waals surface area contributed by atoms with E-state index >= 15 is 0 Å². The predicted octanol–water partition coefficient (Wildman–Crippen LogP) is 4.00. The van der Waals surface area contributed by atoms with E-state index in [2.05, 4.69) is 10.3 Å². The maximum absolute atomic E-state index is 13.0. The molecule has 164 valence electrons. The molecule has 3 aromatic heterocycles. The first-order chi connectivity index (χ1) is 16.1. The number of hydrogen-bond acceptors (Lipinski definition) is 6. The Morgan fingerprint density at radius 1 is 1.06 bits per heavy atom. The molecule has 0 unspecified atom stereocenters. The number of pyridine rings is 1. The molecule has 0 aliphatic heterocycles. The lowest BCUT2D eigenvalue weighted by molar-refractivity contribution is -0.121. The van der Waals surface area contributed by atoms with Crippen molar-refractivity contribution in [1.82, 2.24) is 19.9 Å². The van der Waals surface area contributed by atoms with Gasteiger partial charge in [-0.1, -0.05) is 42.5 Å². The van der Waals surface area contributed by atoms with Crippen LogP contribution in [-0.2, 0) is 17.9 Å². The zero-order valence-corrected chi connectivity index (χ0v) is 18.6. The zero-order valence-electron chi connectivity index (χ0n) is 17.8. The summed E-state index contributed by atoms with van der Waals surface area (Å²) in [5.74, 6) is 0.490. The van der Waals surface area contributed by atoms with Crippen LogP contribution in [0.5, 0.6) is 5.75 Å². The van der Waals surface area contributed by atoms with E-state index in [-0.39, 0.29) is 18.0 Å². The van der Waals surface area contributed by atoms with Crippen LogP contribution in [-0.4, -0.2) is 27.6 Å². The third kappa shape index (κ3) is 4.20. The van der Waals surface area contributed by atoms with Crippen molar-refractivity contribution in [1.29, 1.82) is 0 Å². The lowest BCUT2D eigenvalue weighted by Gasteiger charge is -2.08. The van der Waals surface area contributed by atoms with Gasteiger partial charge >= 0.3 is 0 Å². The van der Waals surface area contributed by atoms with E-state index < -0.39 is 0 Å². The fourth-order valence-electron chi connectivity index (χ4n) is 3.59. The molecule has 8 heteroatoms. The maximum Gasteiger partial charge on any atom is 0.271 e. The Morgan fingerprint density at radius 2 is 1.85 bits per heavy atom. The minimum Gasteiger partial charge on any atom is -0.497 e. The number of aromatic nitrogens is 3. The smallest absolute Gasteiger partial charge is 0.271 e. The van der Waals surface area contributed by atoms with Gasteiger partial charge in [-0.3, -0.25) is 14.2 Å². The first kappa shape index (κ1) is 20.8. The summed E-state index contributed by atoms with van der Waals surface area (Å²) in [4.78, 5) is 35.4. The van der Waals surface area contributed by atoms with Crippen molar-refractivity contribution in [3.63, 3.8) is 0 Å². The van der Waals surface area contributed by atoms with E-state index in [1.54, 1.807) is 7.11 Å². The van der Waals surface area contributed by atoms with Crippen LogP contribution in [0, 0.1) is 0 Å². The molecule has 0 fully saturated rings. The average molecular weight is 457 g/mol. The summed E-state index contributed by atoms with van der Waals surface area (Å²) in [5, 5.41) is 3.67. The summed E-state index contributed by atoms with van der Waals surface area (Å²) in [7, 11) is 1.61. The van der Waals surface area contributed by atoms with E-state index in [1.165, 1.54) is 22.2 Å². The first-order valence-corrected chi connectivity index (χ1v) is 11.2.